The van der Waals surface area contributed by atoms with Gasteiger partial charge >= 0.3 is 0 Å². The molecule has 0 saturated carbocycles. The summed E-state index contributed by atoms with van der Waals surface area (Å²) >= 11 is 0. The molecule has 0 bridgehead atoms. The number of sulfonamides is 1. The molecule has 7 heteroatoms. The standard InChI is InChI=1S/C24H27N3O2S.ClH/c1-3-27(4-2)15-14-19-17-25-23-13-12-20(16-22(19)23)26-30(28,29)24-11-7-9-18-8-5-6-10-21(18)24;/h5-13,16-17,25-26H,3-4,14-15H2,1-2H3;1H. The molecule has 0 radical (unpaired) electrons. The Morgan fingerprint density at radius 2 is 1.68 bits per heavy atom. The van der Waals surface area contributed by atoms with Gasteiger partial charge in [0, 0.05) is 34.7 Å². The highest BCUT2D eigenvalue weighted by atomic mass is 35.5. The molecule has 0 fully saturated rings. The largest absolute Gasteiger partial charge is 0.361 e. The molecule has 0 aliphatic rings. The van der Waals surface area contributed by atoms with Crippen molar-refractivity contribution in [3.8, 4) is 0 Å². The molecule has 31 heavy (non-hydrogen) atoms. The number of aromatic amines is 1. The van der Waals surface area contributed by atoms with E-state index in [0.717, 1.165) is 47.7 Å². The van der Waals surface area contributed by atoms with Gasteiger partial charge in [-0.3, -0.25) is 4.72 Å². The molecule has 0 aliphatic carbocycles. The van der Waals surface area contributed by atoms with E-state index in [4.69, 9.17) is 0 Å². The van der Waals surface area contributed by atoms with E-state index in [1.54, 1.807) is 18.2 Å². The lowest BCUT2D eigenvalue weighted by molar-refractivity contribution is 0.308. The number of benzene rings is 3. The second kappa shape index (κ2) is 9.73. The summed E-state index contributed by atoms with van der Waals surface area (Å²) in [5, 5.41) is 2.68. The van der Waals surface area contributed by atoms with Crippen molar-refractivity contribution < 1.29 is 8.42 Å². The Morgan fingerprint density at radius 1 is 0.935 bits per heavy atom. The fraction of sp³-hybridized carbons (Fsp3) is 0.250. The van der Waals surface area contributed by atoms with Crippen molar-refractivity contribution in [3.63, 3.8) is 0 Å². The van der Waals surface area contributed by atoms with Gasteiger partial charge in [-0.15, -0.1) is 12.4 Å². The van der Waals surface area contributed by atoms with Crippen LogP contribution in [-0.2, 0) is 16.4 Å². The van der Waals surface area contributed by atoms with E-state index in [9.17, 15) is 8.42 Å². The van der Waals surface area contributed by atoms with Crippen molar-refractivity contribution >= 4 is 49.8 Å². The minimum absolute atomic E-state index is 0. The van der Waals surface area contributed by atoms with E-state index >= 15 is 0 Å². The fourth-order valence-corrected chi connectivity index (χ4v) is 5.19. The van der Waals surface area contributed by atoms with Crippen LogP contribution >= 0.6 is 12.4 Å². The van der Waals surface area contributed by atoms with E-state index in [1.165, 1.54) is 5.56 Å². The predicted octanol–water partition coefficient (Wildman–Crippen LogP) is 5.43. The Kier molecular flexibility index (Phi) is 7.26. The summed E-state index contributed by atoms with van der Waals surface area (Å²) < 4.78 is 29.1. The predicted molar refractivity (Wildman–Crippen MR) is 132 cm³/mol. The first-order chi connectivity index (χ1) is 14.5. The minimum atomic E-state index is -3.71. The fourth-order valence-electron chi connectivity index (χ4n) is 3.91. The van der Waals surface area contributed by atoms with Gasteiger partial charge in [-0.05, 0) is 54.7 Å². The number of hydrogen-bond donors (Lipinski definition) is 2. The van der Waals surface area contributed by atoms with Crippen molar-refractivity contribution in [2.24, 2.45) is 0 Å². The average molecular weight is 458 g/mol. The average Bonchev–Trinajstić information content (AvgIpc) is 3.16. The quantitative estimate of drug-likeness (QED) is 0.371. The lowest BCUT2D eigenvalue weighted by Gasteiger charge is -2.17. The maximum absolute atomic E-state index is 13.1. The van der Waals surface area contributed by atoms with Gasteiger partial charge in [-0.1, -0.05) is 50.2 Å². The zero-order valence-electron chi connectivity index (χ0n) is 17.8. The number of nitrogens with zero attached hydrogens (tertiary/aromatic N) is 1. The molecule has 3 aromatic carbocycles. The normalized spacial score (nSPS) is 11.7. The van der Waals surface area contributed by atoms with Crippen molar-refractivity contribution in [1.82, 2.24) is 9.88 Å². The highest BCUT2D eigenvalue weighted by molar-refractivity contribution is 7.93. The number of aromatic nitrogens is 1. The lowest BCUT2D eigenvalue weighted by atomic mass is 10.1. The highest BCUT2D eigenvalue weighted by Crippen LogP contribution is 2.27. The SMILES string of the molecule is CCN(CC)CCc1c[nH]c2ccc(NS(=O)(=O)c3cccc4ccccc34)cc12.Cl. The molecule has 0 atom stereocenters. The molecular weight excluding hydrogens is 430 g/mol. The first-order valence-corrected chi connectivity index (χ1v) is 11.8. The van der Waals surface area contributed by atoms with E-state index in [-0.39, 0.29) is 17.3 Å². The van der Waals surface area contributed by atoms with Crippen molar-refractivity contribution in [1.29, 1.82) is 0 Å². The second-order valence-electron chi connectivity index (χ2n) is 7.43. The monoisotopic (exact) mass is 457 g/mol. The summed E-state index contributed by atoms with van der Waals surface area (Å²) in [7, 11) is -3.71. The van der Waals surface area contributed by atoms with Crippen LogP contribution in [0.4, 0.5) is 5.69 Å². The lowest BCUT2D eigenvalue weighted by Crippen LogP contribution is -2.25. The van der Waals surface area contributed by atoms with Crippen LogP contribution < -0.4 is 4.72 Å². The highest BCUT2D eigenvalue weighted by Gasteiger charge is 2.18. The Morgan fingerprint density at radius 3 is 2.45 bits per heavy atom. The maximum Gasteiger partial charge on any atom is 0.262 e. The Balaban J connectivity index is 0.00000272. The van der Waals surface area contributed by atoms with Crippen LogP contribution in [0.2, 0.25) is 0 Å². The molecule has 4 aromatic rings. The molecular formula is C24H28ClN3O2S. The van der Waals surface area contributed by atoms with Crippen molar-refractivity contribution in [3.05, 3.63) is 72.4 Å². The van der Waals surface area contributed by atoms with E-state index in [2.05, 4.69) is 28.5 Å². The zero-order valence-corrected chi connectivity index (χ0v) is 19.4. The molecule has 5 nitrogen and oxygen atoms in total. The topological polar surface area (TPSA) is 65.2 Å². The van der Waals surface area contributed by atoms with Gasteiger partial charge in [0.05, 0.1) is 4.90 Å². The summed E-state index contributed by atoms with van der Waals surface area (Å²) in [6.07, 6.45) is 2.94. The molecule has 0 aliphatic heterocycles. The molecule has 4 rings (SSSR count). The van der Waals surface area contributed by atoms with E-state index in [0.29, 0.717) is 5.69 Å². The molecule has 0 saturated heterocycles. The van der Waals surface area contributed by atoms with Gasteiger partial charge in [-0.25, -0.2) is 8.42 Å². The Bertz CT molecular complexity index is 1280. The summed E-state index contributed by atoms with van der Waals surface area (Å²) in [5.74, 6) is 0. The molecule has 1 aromatic heterocycles. The molecule has 0 unspecified atom stereocenters. The number of hydrogen-bond acceptors (Lipinski definition) is 3. The molecule has 0 spiro atoms. The number of anilines is 1. The third-order valence-electron chi connectivity index (χ3n) is 5.65. The summed E-state index contributed by atoms with van der Waals surface area (Å²) in [6, 6.07) is 18.5. The van der Waals surface area contributed by atoms with Crippen LogP contribution in [0.3, 0.4) is 0 Å². The van der Waals surface area contributed by atoms with Gasteiger partial charge < -0.3 is 9.88 Å². The van der Waals surface area contributed by atoms with Crippen LogP contribution in [0, 0.1) is 0 Å². The van der Waals surface area contributed by atoms with E-state index < -0.39 is 10.0 Å². The van der Waals surface area contributed by atoms with Gasteiger partial charge in [-0.2, -0.15) is 0 Å². The van der Waals surface area contributed by atoms with Crippen LogP contribution in [0.1, 0.15) is 19.4 Å². The summed E-state index contributed by atoms with van der Waals surface area (Å²) in [6.45, 7) is 7.35. The molecule has 164 valence electrons. The zero-order chi connectivity index (χ0) is 21.1. The van der Waals surface area contributed by atoms with Gasteiger partial charge in [0.25, 0.3) is 10.0 Å². The minimum Gasteiger partial charge on any atom is -0.361 e. The number of likely N-dealkylation sites (N-methyl/N-ethyl adjacent to an activating group) is 1. The van der Waals surface area contributed by atoms with Crippen LogP contribution in [0.25, 0.3) is 21.7 Å². The first kappa shape index (κ1) is 23.1. The first-order valence-electron chi connectivity index (χ1n) is 10.3. The number of H-pyrrole nitrogens is 1. The summed E-state index contributed by atoms with van der Waals surface area (Å²) in [4.78, 5) is 5.97. The molecule has 1 heterocycles. The smallest absolute Gasteiger partial charge is 0.262 e. The summed E-state index contributed by atoms with van der Waals surface area (Å²) in [5.41, 5.74) is 2.78. The Labute approximate surface area is 189 Å². The van der Waals surface area contributed by atoms with Crippen LogP contribution in [0.15, 0.2) is 71.8 Å². The number of nitrogens with one attached hydrogen (secondary N) is 2. The second-order valence-corrected chi connectivity index (χ2v) is 9.08. The van der Waals surface area contributed by atoms with Gasteiger partial charge in [0.15, 0.2) is 0 Å². The third-order valence-corrected chi connectivity index (χ3v) is 7.09. The van der Waals surface area contributed by atoms with Crippen LogP contribution in [0.5, 0.6) is 0 Å². The van der Waals surface area contributed by atoms with Gasteiger partial charge in [0.1, 0.15) is 0 Å². The Hall–Kier alpha value is -2.54. The van der Waals surface area contributed by atoms with Crippen molar-refractivity contribution in [2.45, 2.75) is 25.2 Å². The van der Waals surface area contributed by atoms with Gasteiger partial charge in [0.2, 0.25) is 0 Å². The third kappa shape index (κ3) is 4.87. The van der Waals surface area contributed by atoms with E-state index in [1.807, 2.05) is 48.7 Å². The number of rotatable bonds is 8. The molecule has 0 amide bonds. The molecule has 2 N–H and O–H groups in total. The number of fused-ring (bicyclic) bond motifs is 2. The van der Waals surface area contributed by atoms with Crippen LogP contribution in [-0.4, -0.2) is 37.9 Å². The maximum atomic E-state index is 13.1. The van der Waals surface area contributed by atoms with Crippen molar-refractivity contribution in [2.75, 3.05) is 24.4 Å². The number of halogens is 1.